The summed E-state index contributed by atoms with van der Waals surface area (Å²) >= 11 is 0. The Kier molecular flexibility index (Phi) is 3.49. The number of rotatable bonds is 3. The Labute approximate surface area is 126 Å². The molecule has 1 heterocycles. The number of para-hydroxylation sites is 1. The molecule has 3 nitrogen and oxygen atoms in total. The molecule has 3 rings (SSSR count). The first kappa shape index (κ1) is 14.1. The van der Waals surface area contributed by atoms with Crippen LogP contribution >= 0.6 is 0 Å². The first-order valence-electron chi connectivity index (χ1n) is 7.25. The van der Waals surface area contributed by atoms with Gasteiger partial charge in [-0.3, -0.25) is 4.31 Å². The Morgan fingerprint density at radius 3 is 2.43 bits per heavy atom. The monoisotopic (exact) mass is 301 g/mol. The van der Waals surface area contributed by atoms with Crippen LogP contribution in [0.1, 0.15) is 25.0 Å². The molecule has 0 amide bonds. The van der Waals surface area contributed by atoms with Crippen molar-refractivity contribution < 1.29 is 8.42 Å². The van der Waals surface area contributed by atoms with Crippen molar-refractivity contribution in [3.05, 3.63) is 59.7 Å². The Morgan fingerprint density at radius 1 is 1.10 bits per heavy atom. The van der Waals surface area contributed by atoms with Crippen LogP contribution in [0.4, 0.5) is 5.69 Å². The molecule has 0 spiro atoms. The zero-order valence-electron chi connectivity index (χ0n) is 12.3. The number of sulfonamides is 1. The van der Waals surface area contributed by atoms with Crippen molar-refractivity contribution in [2.24, 2.45) is 0 Å². The average Bonchev–Trinajstić information content (AvgIpc) is 2.83. The first-order valence-corrected chi connectivity index (χ1v) is 8.69. The van der Waals surface area contributed by atoms with Crippen molar-refractivity contribution >= 4 is 15.7 Å². The molecular weight excluding hydrogens is 282 g/mol. The van der Waals surface area contributed by atoms with Crippen LogP contribution in [0.2, 0.25) is 0 Å². The smallest absolute Gasteiger partial charge is 0.263 e. The van der Waals surface area contributed by atoms with Crippen LogP contribution in [-0.4, -0.2) is 14.5 Å². The molecule has 0 aromatic heterocycles. The fourth-order valence-corrected chi connectivity index (χ4v) is 4.61. The van der Waals surface area contributed by atoms with Gasteiger partial charge < -0.3 is 0 Å². The van der Waals surface area contributed by atoms with Crippen LogP contribution in [0.25, 0.3) is 0 Å². The third-order valence-electron chi connectivity index (χ3n) is 4.03. The first-order chi connectivity index (χ1) is 10.0. The summed E-state index contributed by atoms with van der Waals surface area (Å²) in [5, 5.41) is 0. The Morgan fingerprint density at radius 2 is 1.76 bits per heavy atom. The van der Waals surface area contributed by atoms with Gasteiger partial charge in [-0.1, -0.05) is 37.3 Å². The summed E-state index contributed by atoms with van der Waals surface area (Å²) < 4.78 is 27.4. The molecule has 1 atom stereocenters. The van der Waals surface area contributed by atoms with E-state index in [2.05, 4.69) is 6.92 Å². The van der Waals surface area contributed by atoms with E-state index in [0.717, 1.165) is 29.7 Å². The zero-order chi connectivity index (χ0) is 15.0. The number of nitrogens with zero attached hydrogens (tertiary/aromatic N) is 1. The second-order valence-corrected chi connectivity index (χ2v) is 7.30. The van der Waals surface area contributed by atoms with Gasteiger partial charge in [0.15, 0.2) is 0 Å². The normalized spacial score (nSPS) is 17.8. The van der Waals surface area contributed by atoms with Crippen molar-refractivity contribution in [1.82, 2.24) is 0 Å². The lowest BCUT2D eigenvalue weighted by Crippen LogP contribution is -2.35. The fourth-order valence-electron chi connectivity index (χ4n) is 2.91. The molecule has 0 fully saturated rings. The predicted octanol–water partition coefficient (Wildman–Crippen LogP) is 3.39. The predicted molar refractivity (Wildman–Crippen MR) is 85.1 cm³/mol. The summed E-state index contributed by atoms with van der Waals surface area (Å²) in [4.78, 5) is 0.364. The van der Waals surface area contributed by atoms with Crippen LogP contribution in [0.15, 0.2) is 53.4 Å². The highest BCUT2D eigenvalue weighted by Crippen LogP contribution is 2.36. The molecule has 2 aromatic rings. The average molecular weight is 301 g/mol. The molecule has 21 heavy (non-hydrogen) atoms. The number of benzene rings is 2. The van der Waals surface area contributed by atoms with E-state index in [1.807, 2.05) is 43.3 Å². The van der Waals surface area contributed by atoms with Crippen LogP contribution in [0.5, 0.6) is 0 Å². The van der Waals surface area contributed by atoms with Crippen LogP contribution in [-0.2, 0) is 22.9 Å². The van der Waals surface area contributed by atoms with E-state index in [1.165, 1.54) is 0 Å². The molecule has 0 saturated heterocycles. The van der Waals surface area contributed by atoms with Gasteiger partial charge in [0.25, 0.3) is 10.0 Å². The van der Waals surface area contributed by atoms with Crippen LogP contribution < -0.4 is 4.31 Å². The van der Waals surface area contributed by atoms with Crippen molar-refractivity contribution in [2.75, 3.05) is 4.31 Å². The molecule has 1 aliphatic heterocycles. The standard InChI is InChI=1S/C17H19NO2S/c1-3-14-8-10-16(11-9-14)21(19,20)18-13(2)12-15-6-4-5-7-17(15)18/h4-11,13H,3,12H2,1-2H3/t13-/m1/s1. The maximum absolute atomic E-state index is 12.9. The number of fused-ring (bicyclic) bond motifs is 1. The van der Waals surface area contributed by atoms with Gasteiger partial charge in [-0.15, -0.1) is 0 Å². The molecule has 2 aromatic carbocycles. The van der Waals surface area contributed by atoms with Crippen molar-refractivity contribution in [3.63, 3.8) is 0 Å². The van der Waals surface area contributed by atoms with E-state index in [4.69, 9.17) is 0 Å². The maximum Gasteiger partial charge on any atom is 0.264 e. The molecule has 0 radical (unpaired) electrons. The summed E-state index contributed by atoms with van der Waals surface area (Å²) in [7, 11) is -3.49. The summed E-state index contributed by atoms with van der Waals surface area (Å²) in [6.07, 6.45) is 1.67. The summed E-state index contributed by atoms with van der Waals surface area (Å²) in [5.74, 6) is 0. The van der Waals surface area contributed by atoms with Crippen molar-refractivity contribution in [2.45, 2.75) is 37.6 Å². The van der Waals surface area contributed by atoms with Gasteiger partial charge in [0.2, 0.25) is 0 Å². The van der Waals surface area contributed by atoms with Gasteiger partial charge in [-0.25, -0.2) is 8.42 Å². The highest BCUT2D eigenvalue weighted by atomic mass is 32.2. The number of anilines is 1. The molecule has 1 aliphatic rings. The van der Waals surface area contributed by atoms with Crippen LogP contribution in [0, 0.1) is 0 Å². The van der Waals surface area contributed by atoms with E-state index in [0.29, 0.717) is 4.90 Å². The minimum absolute atomic E-state index is 0.0433. The van der Waals surface area contributed by atoms with Gasteiger partial charge >= 0.3 is 0 Å². The molecule has 110 valence electrons. The summed E-state index contributed by atoms with van der Waals surface area (Å²) in [6, 6.07) is 14.9. The number of aryl methyl sites for hydroxylation is 1. The molecule has 0 unspecified atom stereocenters. The second-order valence-electron chi connectivity index (χ2n) is 5.48. The summed E-state index contributed by atoms with van der Waals surface area (Å²) in [6.45, 7) is 4.01. The Balaban J connectivity index is 2.05. The lowest BCUT2D eigenvalue weighted by atomic mass is 10.1. The number of hydrogen-bond acceptors (Lipinski definition) is 2. The third kappa shape index (κ3) is 2.33. The largest absolute Gasteiger partial charge is 0.264 e. The lowest BCUT2D eigenvalue weighted by molar-refractivity contribution is 0.584. The minimum atomic E-state index is -3.49. The highest BCUT2D eigenvalue weighted by molar-refractivity contribution is 7.92. The van der Waals surface area contributed by atoms with Gasteiger partial charge in [0.05, 0.1) is 10.6 Å². The summed E-state index contributed by atoms with van der Waals surface area (Å²) in [5.41, 5.74) is 3.05. The number of hydrogen-bond donors (Lipinski definition) is 0. The molecule has 0 aliphatic carbocycles. The van der Waals surface area contributed by atoms with Gasteiger partial charge in [-0.05, 0) is 49.1 Å². The van der Waals surface area contributed by atoms with E-state index in [-0.39, 0.29) is 6.04 Å². The molecule has 0 N–H and O–H groups in total. The van der Waals surface area contributed by atoms with Gasteiger partial charge in [0, 0.05) is 6.04 Å². The SMILES string of the molecule is CCc1ccc(S(=O)(=O)N2c3ccccc3C[C@H]2C)cc1. The molecule has 0 bridgehead atoms. The third-order valence-corrected chi connectivity index (χ3v) is 5.98. The Hall–Kier alpha value is -1.81. The van der Waals surface area contributed by atoms with Crippen LogP contribution in [0.3, 0.4) is 0 Å². The van der Waals surface area contributed by atoms with E-state index in [1.54, 1.807) is 16.4 Å². The molecule has 4 heteroatoms. The quantitative estimate of drug-likeness (QED) is 0.871. The highest BCUT2D eigenvalue weighted by Gasteiger charge is 2.35. The second kappa shape index (κ2) is 5.19. The Bertz CT molecular complexity index is 751. The van der Waals surface area contributed by atoms with E-state index >= 15 is 0 Å². The van der Waals surface area contributed by atoms with Gasteiger partial charge in [-0.2, -0.15) is 0 Å². The maximum atomic E-state index is 12.9. The lowest BCUT2D eigenvalue weighted by Gasteiger charge is -2.24. The molecular formula is C17H19NO2S. The van der Waals surface area contributed by atoms with E-state index in [9.17, 15) is 8.42 Å². The zero-order valence-corrected chi connectivity index (χ0v) is 13.1. The van der Waals surface area contributed by atoms with Crippen molar-refractivity contribution in [3.8, 4) is 0 Å². The van der Waals surface area contributed by atoms with Gasteiger partial charge in [0.1, 0.15) is 0 Å². The minimum Gasteiger partial charge on any atom is -0.263 e. The van der Waals surface area contributed by atoms with E-state index < -0.39 is 10.0 Å². The van der Waals surface area contributed by atoms with Crippen molar-refractivity contribution in [1.29, 1.82) is 0 Å². The molecule has 0 saturated carbocycles. The topological polar surface area (TPSA) is 37.4 Å². The fraction of sp³-hybridized carbons (Fsp3) is 0.294.